The van der Waals surface area contributed by atoms with Crippen LogP contribution in [0.5, 0.6) is 0 Å². The molecule has 3 saturated carbocycles. The van der Waals surface area contributed by atoms with Crippen LogP contribution in [0.25, 0.3) is 0 Å². The van der Waals surface area contributed by atoms with Gasteiger partial charge in [-0.2, -0.15) is 5.26 Å². The van der Waals surface area contributed by atoms with Crippen molar-refractivity contribution >= 4 is 5.78 Å². The highest BCUT2D eigenvalue weighted by atomic mass is 16.1. The van der Waals surface area contributed by atoms with Crippen molar-refractivity contribution in [2.24, 2.45) is 34.5 Å². The van der Waals surface area contributed by atoms with Crippen molar-refractivity contribution in [2.75, 3.05) is 0 Å². The molecule has 0 amide bonds. The van der Waals surface area contributed by atoms with Crippen molar-refractivity contribution in [3.8, 4) is 6.07 Å². The lowest BCUT2D eigenvalue weighted by Gasteiger charge is -2.58. The van der Waals surface area contributed by atoms with Crippen molar-refractivity contribution in [1.82, 2.24) is 0 Å². The fourth-order valence-electron chi connectivity index (χ4n) is 7.57. The summed E-state index contributed by atoms with van der Waals surface area (Å²) in [6.07, 6.45) is 14.9. The van der Waals surface area contributed by atoms with Gasteiger partial charge in [-0.15, -0.1) is 0 Å². The third-order valence-electron chi connectivity index (χ3n) is 9.00. The van der Waals surface area contributed by atoms with Gasteiger partial charge in [-0.05, 0) is 98.4 Å². The smallest absolute Gasteiger partial charge is 0.155 e. The highest BCUT2D eigenvalue weighted by molar-refractivity contribution is 5.91. The summed E-state index contributed by atoms with van der Waals surface area (Å²) >= 11 is 0. The Morgan fingerprint density at radius 1 is 1.12 bits per heavy atom. The second-order valence-corrected chi connectivity index (χ2v) is 9.84. The van der Waals surface area contributed by atoms with Gasteiger partial charge in [0.1, 0.15) is 0 Å². The number of hydrogen-bond donors (Lipinski definition) is 0. The van der Waals surface area contributed by atoms with Gasteiger partial charge in [0.15, 0.2) is 5.78 Å². The summed E-state index contributed by atoms with van der Waals surface area (Å²) in [5, 5.41) is 8.87. The summed E-state index contributed by atoms with van der Waals surface area (Å²) < 4.78 is 0. The molecule has 3 fully saturated rings. The molecule has 0 aliphatic heterocycles. The SMILES string of the molecule is C[C@]12CC[C@H]3[C@@H](CCC4=CC(=O)CC[C@@]43C)[C@@H]1CC[C@@H]2CCCC#N. The molecule has 25 heavy (non-hydrogen) atoms. The lowest BCUT2D eigenvalue weighted by atomic mass is 9.46. The van der Waals surface area contributed by atoms with E-state index in [9.17, 15) is 4.79 Å². The predicted octanol–water partition coefficient (Wildman–Crippen LogP) is 5.83. The number of rotatable bonds is 3. The van der Waals surface area contributed by atoms with E-state index in [1.165, 1.54) is 44.1 Å². The second-order valence-electron chi connectivity index (χ2n) is 9.84. The Hall–Kier alpha value is -1.10. The average Bonchev–Trinajstić information content (AvgIpc) is 2.92. The standard InChI is InChI=1S/C23H33NO/c1-22-13-11-21-19(20(22)9-7-16(22)5-3-4-14-24)8-6-17-15-18(25)10-12-23(17,21)2/h15-16,19-21H,3-13H2,1-2H3/t16-,19-,20-,21-,22+,23-/m0/s1. The Kier molecular flexibility index (Phi) is 4.33. The predicted molar refractivity (Wildman–Crippen MR) is 99.7 cm³/mol. The van der Waals surface area contributed by atoms with Gasteiger partial charge in [0.25, 0.3) is 0 Å². The molecule has 0 heterocycles. The third kappa shape index (κ3) is 2.61. The van der Waals surface area contributed by atoms with Gasteiger partial charge >= 0.3 is 0 Å². The van der Waals surface area contributed by atoms with E-state index in [0.29, 0.717) is 16.6 Å². The van der Waals surface area contributed by atoms with Gasteiger partial charge in [0.2, 0.25) is 0 Å². The van der Waals surface area contributed by atoms with E-state index in [2.05, 4.69) is 19.9 Å². The van der Waals surface area contributed by atoms with Gasteiger partial charge in [0.05, 0.1) is 6.07 Å². The van der Waals surface area contributed by atoms with Crippen LogP contribution in [0.4, 0.5) is 0 Å². The van der Waals surface area contributed by atoms with E-state index in [4.69, 9.17) is 5.26 Å². The van der Waals surface area contributed by atoms with Crippen LogP contribution in [0.3, 0.4) is 0 Å². The summed E-state index contributed by atoms with van der Waals surface area (Å²) in [4.78, 5) is 11.9. The number of carbonyl (C=O) groups excluding carboxylic acids is 1. The molecular weight excluding hydrogens is 306 g/mol. The van der Waals surface area contributed by atoms with Gasteiger partial charge in [0, 0.05) is 12.8 Å². The van der Waals surface area contributed by atoms with Crippen LogP contribution in [-0.4, -0.2) is 5.78 Å². The first-order valence-corrected chi connectivity index (χ1v) is 10.6. The minimum atomic E-state index is 0.303. The first kappa shape index (κ1) is 17.3. The van der Waals surface area contributed by atoms with Gasteiger partial charge in [-0.1, -0.05) is 19.4 Å². The van der Waals surface area contributed by atoms with Crippen molar-refractivity contribution < 1.29 is 4.79 Å². The van der Waals surface area contributed by atoms with Crippen LogP contribution in [0.1, 0.15) is 84.5 Å². The molecule has 4 aliphatic carbocycles. The summed E-state index contributed by atoms with van der Waals surface area (Å²) in [7, 11) is 0. The zero-order valence-electron chi connectivity index (χ0n) is 16.0. The summed E-state index contributed by atoms with van der Waals surface area (Å²) in [6, 6.07) is 2.33. The van der Waals surface area contributed by atoms with E-state index in [-0.39, 0.29) is 0 Å². The van der Waals surface area contributed by atoms with Crippen LogP contribution in [0.2, 0.25) is 0 Å². The van der Waals surface area contributed by atoms with Crippen LogP contribution < -0.4 is 0 Å². The number of hydrogen-bond acceptors (Lipinski definition) is 2. The Bertz CT molecular complexity index is 628. The third-order valence-corrected chi connectivity index (χ3v) is 9.00. The number of unbranched alkanes of at least 4 members (excludes halogenated alkanes) is 1. The molecule has 6 atom stereocenters. The maximum atomic E-state index is 11.9. The average molecular weight is 340 g/mol. The lowest BCUT2D eigenvalue weighted by Crippen LogP contribution is -2.50. The van der Waals surface area contributed by atoms with Crippen LogP contribution in [0.15, 0.2) is 11.6 Å². The molecule has 0 aromatic carbocycles. The van der Waals surface area contributed by atoms with Crippen LogP contribution >= 0.6 is 0 Å². The van der Waals surface area contributed by atoms with Crippen LogP contribution in [-0.2, 0) is 4.79 Å². The molecule has 0 unspecified atom stereocenters. The normalized spacial score (nSPS) is 45.8. The molecule has 0 saturated heterocycles. The lowest BCUT2D eigenvalue weighted by molar-refractivity contribution is -0.117. The van der Waals surface area contributed by atoms with Crippen molar-refractivity contribution in [2.45, 2.75) is 84.5 Å². The van der Waals surface area contributed by atoms with E-state index in [0.717, 1.165) is 55.8 Å². The number of fused-ring (bicyclic) bond motifs is 5. The molecule has 136 valence electrons. The molecule has 0 spiro atoms. The first-order chi connectivity index (χ1) is 12.0. The molecule has 0 bridgehead atoms. The summed E-state index contributed by atoms with van der Waals surface area (Å²) in [5.41, 5.74) is 2.30. The molecule has 0 aromatic heterocycles. The van der Waals surface area contributed by atoms with E-state index in [1.54, 1.807) is 0 Å². The monoisotopic (exact) mass is 339 g/mol. The fraction of sp³-hybridized carbons (Fsp3) is 0.826. The van der Waals surface area contributed by atoms with E-state index >= 15 is 0 Å². The number of nitriles is 1. The Morgan fingerprint density at radius 3 is 2.76 bits per heavy atom. The molecule has 2 heteroatoms. The molecule has 4 rings (SSSR count). The first-order valence-electron chi connectivity index (χ1n) is 10.6. The van der Waals surface area contributed by atoms with Crippen LogP contribution in [0, 0.1) is 45.8 Å². The molecular formula is C23H33NO. The zero-order chi connectivity index (χ0) is 17.7. The topological polar surface area (TPSA) is 40.9 Å². The Labute approximate surface area is 153 Å². The highest BCUT2D eigenvalue weighted by Gasteiger charge is 2.58. The van der Waals surface area contributed by atoms with Crippen molar-refractivity contribution in [3.05, 3.63) is 11.6 Å². The molecule has 0 aromatic rings. The maximum absolute atomic E-state index is 11.9. The van der Waals surface area contributed by atoms with Gasteiger partial charge in [-0.3, -0.25) is 4.79 Å². The van der Waals surface area contributed by atoms with Gasteiger partial charge in [-0.25, -0.2) is 0 Å². The molecule has 4 aliphatic rings. The van der Waals surface area contributed by atoms with Crippen molar-refractivity contribution in [3.63, 3.8) is 0 Å². The number of carbonyl (C=O) groups is 1. The van der Waals surface area contributed by atoms with Crippen molar-refractivity contribution in [1.29, 1.82) is 5.26 Å². The number of allylic oxidation sites excluding steroid dienone is 1. The Morgan fingerprint density at radius 2 is 1.96 bits per heavy atom. The van der Waals surface area contributed by atoms with E-state index < -0.39 is 0 Å². The number of nitrogens with zero attached hydrogens (tertiary/aromatic N) is 1. The quantitative estimate of drug-likeness (QED) is 0.607. The fourth-order valence-corrected chi connectivity index (χ4v) is 7.57. The Balaban J connectivity index is 1.55. The number of ketones is 1. The van der Waals surface area contributed by atoms with E-state index in [1.807, 2.05) is 6.08 Å². The maximum Gasteiger partial charge on any atom is 0.155 e. The molecule has 0 N–H and O–H groups in total. The zero-order valence-corrected chi connectivity index (χ0v) is 16.0. The molecule has 2 nitrogen and oxygen atoms in total. The summed E-state index contributed by atoms with van der Waals surface area (Å²) in [6.45, 7) is 5.06. The minimum absolute atomic E-state index is 0.303. The minimum Gasteiger partial charge on any atom is -0.295 e. The second kappa shape index (κ2) is 6.26. The highest BCUT2D eigenvalue weighted by Crippen LogP contribution is 2.67. The largest absolute Gasteiger partial charge is 0.295 e. The van der Waals surface area contributed by atoms with Gasteiger partial charge < -0.3 is 0 Å². The summed E-state index contributed by atoms with van der Waals surface area (Å²) in [5.74, 6) is 3.76. The molecule has 0 radical (unpaired) electrons.